The summed E-state index contributed by atoms with van der Waals surface area (Å²) in [4.78, 5) is 36.9. The van der Waals surface area contributed by atoms with Gasteiger partial charge in [-0.05, 0) is 37.0 Å². The third-order valence-corrected chi connectivity index (χ3v) is 5.34. The molecule has 1 unspecified atom stereocenters. The Morgan fingerprint density at radius 2 is 1.46 bits per heavy atom. The van der Waals surface area contributed by atoms with Gasteiger partial charge in [-0.3, -0.25) is 19.6 Å². The number of carbonyl (C=O) groups excluding carboxylic acids is 3. The first-order chi connectivity index (χ1) is 12.1. The number of likely N-dealkylation sites (N-methyl/N-ethyl adjacent to an activating group) is 1. The average Bonchev–Trinajstić information content (AvgIpc) is 2.64. The molecule has 0 aliphatic rings. The number of aliphatic hydroxyl groups is 1. The van der Waals surface area contributed by atoms with Gasteiger partial charge in [-0.1, -0.05) is 34.6 Å². The van der Waals surface area contributed by atoms with Crippen molar-refractivity contribution >= 4 is 17.7 Å². The minimum absolute atomic E-state index is 0.0265. The normalized spacial score (nSPS) is 15.1. The second-order valence-corrected chi connectivity index (χ2v) is 7.14. The van der Waals surface area contributed by atoms with E-state index in [1.54, 1.807) is 0 Å². The van der Waals surface area contributed by atoms with E-state index in [9.17, 15) is 19.5 Å². The second-order valence-electron chi connectivity index (χ2n) is 7.14. The number of hydrogen-bond acceptors (Lipinski definition) is 5. The number of hydroxylamine groups is 1. The van der Waals surface area contributed by atoms with E-state index in [-0.39, 0.29) is 18.2 Å². The van der Waals surface area contributed by atoms with Gasteiger partial charge >= 0.3 is 0 Å². The van der Waals surface area contributed by atoms with Crippen molar-refractivity contribution in [1.29, 1.82) is 0 Å². The number of nitrogens with one attached hydrogen (secondary N) is 3. The Kier molecular flexibility index (Phi) is 10.4. The first kappa shape index (κ1) is 24.3. The van der Waals surface area contributed by atoms with Gasteiger partial charge in [0.1, 0.15) is 12.1 Å². The zero-order chi connectivity index (χ0) is 20.5. The van der Waals surface area contributed by atoms with Crippen molar-refractivity contribution < 1.29 is 24.7 Å². The van der Waals surface area contributed by atoms with Gasteiger partial charge in [-0.2, -0.15) is 0 Å². The summed E-state index contributed by atoms with van der Waals surface area (Å²) in [6.07, 6.45) is 0.595. The highest BCUT2D eigenvalue weighted by molar-refractivity contribution is 5.92. The molecule has 3 atom stereocenters. The molecule has 3 amide bonds. The average molecular weight is 373 g/mol. The fraction of sp³-hybridized carbons (Fsp3) is 0.833. The van der Waals surface area contributed by atoms with Crippen molar-refractivity contribution in [2.75, 3.05) is 7.05 Å². The molecule has 0 heterocycles. The predicted octanol–water partition coefficient (Wildman–Crippen LogP) is 0.962. The van der Waals surface area contributed by atoms with Crippen LogP contribution in [0.3, 0.4) is 0 Å². The van der Waals surface area contributed by atoms with Crippen molar-refractivity contribution in [3.05, 3.63) is 0 Å². The molecule has 0 spiro atoms. The Morgan fingerprint density at radius 3 is 1.81 bits per heavy atom. The molecular weight excluding hydrogens is 338 g/mol. The third-order valence-electron chi connectivity index (χ3n) is 5.34. The molecule has 0 saturated carbocycles. The van der Waals surface area contributed by atoms with Crippen molar-refractivity contribution in [3.63, 3.8) is 0 Å². The number of hydrogen-bond donors (Lipinski definition) is 5. The van der Waals surface area contributed by atoms with Crippen molar-refractivity contribution in [3.8, 4) is 0 Å². The highest BCUT2D eigenvalue weighted by atomic mass is 16.5. The Balaban J connectivity index is 5.72. The van der Waals surface area contributed by atoms with E-state index >= 15 is 0 Å². The summed E-state index contributed by atoms with van der Waals surface area (Å²) in [6, 6.07) is -0.779. The topological polar surface area (TPSA) is 128 Å². The van der Waals surface area contributed by atoms with Gasteiger partial charge < -0.3 is 15.7 Å². The van der Waals surface area contributed by atoms with Crippen LogP contribution in [0.4, 0.5) is 0 Å². The molecule has 0 aliphatic heterocycles. The number of rotatable bonds is 11. The maximum Gasteiger partial charge on any atom is 0.272 e. The van der Waals surface area contributed by atoms with Crippen LogP contribution >= 0.6 is 0 Å². The van der Waals surface area contributed by atoms with E-state index in [1.165, 1.54) is 12.5 Å². The smallest absolute Gasteiger partial charge is 0.272 e. The fourth-order valence-electron chi connectivity index (χ4n) is 3.39. The molecule has 5 N–H and O–H groups in total. The molecule has 0 saturated heterocycles. The lowest BCUT2D eigenvalue weighted by atomic mass is 9.72. The first-order valence-corrected chi connectivity index (χ1v) is 9.27. The van der Waals surface area contributed by atoms with Crippen molar-refractivity contribution in [1.82, 2.24) is 16.1 Å². The zero-order valence-electron chi connectivity index (χ0n) is 16.8. The molecule has 8 nitrogen and oxygen atoms in total. The van der Waals surface area contributed by atoms with E-state index in [4.69, 9.17) is 5.21 Å². The maximum absolute atomic E-state index is 12.9. The van der Waals surface area contributed by atoms with Gasteiger partial charge in [0.15, 0.2) is 0 Å². The highest BCUT2D eigenvalue weighted by Gasteiger charge is 2.42. The minimum Gasteiger partial charge on any atom is -0.382 e. The number of carbonyl (C=O) groups is 3. The number of amides is 3. The van der Waals surface area contributed by atoms with E-state index in [0.29, 0.717) is 19.3 Å². The van der Waals surface area contributed by atoms with Crippen LogP contribution in [-0.2, 0) is 14.4 Å². The monoisotopic (exact) mass is 373 g/mol. The molecule has 0 aromatic rings. The quantitative estimate of drug-likeness (QED) is 0.272. The Hall–Kier alpha value is -1.67. The second kappa shape index (κ2) is 11.1. The highest BCUT2D eigenvalue weighted by Crippen LogP contribution is 2.35. The SMILES string of the molecule is CCC(CC)(CC)C(NC(=O)[C@H](CC(C)C)[C@H](O)C(=O)NO)C(=O)NC. The molecule has 0 fully saturated rings. The lowest BCUT2D eigenvalue weighted by Crippen LogP contribution is -2.58. The van der Waals surface area contributed by atoms with Crippen LogP contribution in [0.5, 0.6) is 0 Å². The van der Waals surface area contributed by atoms with Gasteiger partial charge in [0, 0.05) is 7.05 Å². The van der Waals surface area contributed by atoms with E-state index in [2.05, 4.69) is 10.6 Å². The molecule has 26 heavy (non-hydrogen) atoms. The Labute approximate surface area is 156 Å². The first-order valence-electron chi connectivity index (χ1n) is 9.27. The number of aliphatic hydroxyl groups excluding tert-OH is 1. The Bertz CT molecular complexity index is 469. The van der Waals surface area contributed by atoms with E-state index < -0.39 is 35.3 Å². The fourth-order valence-corrected chi connectivity index (χ4v) is 3.39. The van der Waals surface area contributed by atoms with Crippen LogP contribution in [0, 0.1) is 17.3 Å². The summed E-state index contributed by atoms with van der Waals surface area (Å²) in [7, 11) is 1.51. The van der Waals surface area contributed by atoms with Crippen LogP contribution in [0.15, 0.2) is 0 Å². The molecule has 0 radical (unpaired) electrons. The van der Waals surface area contributed by atoms with Crippen LogP contribution in [0.1, 0.15) is 60.3 Å². The van der Waals surface area contributed by atoms with Gasteiger partial charge in [0.25, 0.3) is 5.91 Å². The van der Waals surface area contributed by atoms with Crippen LogP contribution in [0.25, 0.3) is 0 Å². The van der Waals surface area contributed by atoms with Crippen LogP contribution < -0.4 is 16.1 Å². The van der Waals surface area contributed by atoms with E-state index in [1.807, 2.05) is 34.6 Å². The third kappa shape index (κ3) is 5.95. The summed E-state index contributed by atoms with van der Waals surface area (Å²) in [5.41, 5.74) is 0.948. The largest absolute Gasteiger partial charge is 0.382 e. The molecule has 0 aliphatic carbocycles. The van der Waals surface area contributed by atoms with Crippen LogP contribution in [0.2, 0.25) is 0 Å². The molecule has 8 heteroatoms. The van der Waals surface area contributed by atoms with Gasteiger partial charge in [0.05, 0.1) is 5.92 Å². The zero-order valence-corrected chi connectivity index (χ0v) is 16.8. The molecule has 0 aromatic carbocycles. The van der Waals surface area contributed by atoms with Crippen molar-refractivity contribution in [2.45, 2.75) is 72.4 Å². The summed E-state index contributed by atoms with van der Waals surface area (Å²) in [5.74, 6) is -2.98. The molecular formula is C18H35N3O5. The van der Waals surface area contributed by atoms with Gasteiger partial charge in [0.2, 0.25) is 11.8 Å². The maximum atomic E-state index is 12.9. The molecule has 0 rings (SSSR count). The van der Waals surface area contributed by atoms with Gasteiger partial charge in [-0.25, -0.2) is 5.48 Å². The lowest BCUT2D eigenvalue weighted by Gasteiger charge is -2.39. The minimum atomic E-state index is -1.70. The van der Waals surface area contributed by atoms with E-state index in [0.717, 1.165) is 0 Å². The standard InChI is InChI=1S/C18H35N3O5/c1-7-18(8-2,9-3)14(17(25)19-6)20-15(23)12(10-11(4)5)13(22)16(24)21-26/h11-14,22,26H,7-10H2,1-6H3,(H,19,25)(H,20,23)(H,21,24)/t12-,13+,14?/m1/s1. The lowest BCUT2D eigenvalue weighted by molar-refractivity contribution is -0.148. The summed E-state index contributed by atoms with van der Waals surface area (Å²) >= 11 is 0. The summed E-state index contributed by atoms with van der Waals surface area (Å²) in [6.45, 7) is 9.61. The summed E-state index contributed by atoms with van der Waals surface area (Å²) in [5, 5.41) is 24.3. The van der Waals surface area contributed by atoms with Gasteiger partial charge in [-0.15, -0.1) is 0 Å². The molecule has 0 bridgehead atoms. The molecule has 152 valence electrons. The summed E-state index contributed by atoms with van der Waals surface area (Å²) < 4.78 is 0. The molecule has 0 aromatic heterocycles. The Morgan fingerprint density at radius 1 is 0.962 bits per heavy atom. The predicted molar refractivity (Wildman–Crippen MR) is 98.2 cm³/mol. The van der Waals surface area contributed by atoms with Crippen LogP contribution in [-0.4, -0.2) is 47.2 Å². The van der Waals surface area contributed by atoms with Crippen molar-refractivity contribution in [2.24, 2.45) is 17.3 Å².